The van der Waals surface area contributed by atoms with Gasteiger partial charge in [0.2, 0.25) is 0 Å². The molecule has 2 aromatic rings. The highest BCUT2D eigenvalue weighted by Crippen LogP contribution is 2.27. The molecular weight excluding hydrogens is 344 g/mol. The van der Waals surface area contributed by atoms with E-state index < -0.39 is 16.4 Å². The van der Waals surface area contributed by atoms with Crippen molar-refractivity contribution in [1.82, 2.24) is 9.55 Å². The second kappa shape index (κ2) is 6.01. The number of aromatic nitrogens is 2. The van der Waals surface area contributed by atoms with E-state index in [2.05, 4.69) is 10.3 Å². The van der Waals surface area contributed by atoms with Gasteiger partial charge in [-0.2, -0.15) is 0 Å². The fourth-order valence-corrected chi connectivity index (χ4v) is 3.16. The van der Waals surface area contributed by atoms with Gasteiger partial charge in [-0.05, 0) is 6.07 Å². The summed E-state index contributed by atoms with van der Waals surface area (Å²) in [6.45, 7) is 0.491. The first-order valence-corrected chi connectivity index (χ1v) is 7.81. The lowest BCUT2D eigenvalue weighted by molar-refractivity contribution is -0.384. The summed E-state index contributed by atoms with van der Waals surface area (Å²) in [4.78, 5) is 38.8. The quantitative estimate of drug-likeness (QED) is 0.515. The Hall–Kier alpha value is -2.39. The van der Waals surface area contributed by atoms with E-state index in [0.29, 0.717) is 11.7 Å². The van der Waals surface area contributed by atoms with Crippen LogP contribution in [0.1, 0.15) is 10.4 Å². The third kappa shape index (κ3) is 2.92. The topological polar surface area (TPSA) is 107 Å². The number of nitro groups is 1. The van der Waals surface area contributed by atoms with Crippen LogP contribution in [0.3, 0.4) is 0 Å². The van der Waals surface area contributed by atoms with Crippen LogP contribution in [0.5, 0.6) is 0 Å². The molecule has 1 aromatic heterocycles. The molecule has 1 amide bonds. The summed E-state index contributed by atoms with van der Waals surface area (Å²) < 4.78 is 1.43. The van der Waals surface area contributed by atoms with Gasteiger partial charge in [0.15, 0.2) is 5.16 Å². The number of nitrogens with one attached hydrogen (secondary N) is 1. The van der Waals surface area contributed by atoms with Gasteiger partial charge < -0.3 is 5.32 Å². The molecule has 0 bridgehead atoms. The third-order valence-electron chi connectivity index (χ3n) is 3.21. The number of carbonyl (C=O) groups excluding carboxylic acids is 1. The first-order chi connectivity index (χ1) is 11.0. The maximum Gasteiger partial charge on any atom is 0.271 e. The molecule has 8 nitrogen and oxygen atoms in total. The van der Waals surface area contributed by atoms with Crippen LogP contribution in [-0.2, 0) is 6.54 Å². The Balaban J connectivity index is 1.93. The minimum atomic E-state index is -0.711. The zero-order chi connectivity index (χ0) is 16.6. The van der Waals surface area contributed by atoms with Gasteiger partial charge in [-0.1, -0.05) is 23.4 Å². The van der Waals surface area contributed by atoms with Crippen molar-refractivity contribution in [3.8, 4) is 0 Å². The Labute approximate surface area is 138 Å². The van der Waals surface area contributed by atoms with E-state index in [1.165, 1.54) is 34.7 Å². The van der Waals surface area contributed by atoms with Crippen LogP contribution >= 0.6 is 23.4 Å². The molecule has 0 saturated carbocycles. The van der Waals surface area contributed by atoms with Crippen LogP contribution in [-0.4, -0.2) is 26.1 Å². The molecule has 0 unspecified atom stereocenters. The number of amides is 1. The smallest absolute Gasteiger partial charge is 0.271 e. The second-order valence-corrected chi connectivity index (χ2v) is 6.10. The zero-order valence-electron chi connectivity index (χ0n) is 11.5. The summed E-state index contributed by atoms with van der Waals surface area (Å²) in [5.41, 5.74) is -0.743. The summed E-state index contributed by atoms with van der Waals surface area (Å²) in [6, 6.07) is 3.66. The Bertz CT molecular complexity index is 883. The summed E-state index contributed by atoms with van der Waals surface area (Å²) in [5, 5.41) is 13.9. The number of thioether (sulfide) groups is 1. The van der Waals surface area contributed by atoms with E-state index in [9.17, 15) is 19.7 Å². The number of non-ortho nitro benzene ring substituents is 1. The lowest BCUT2D eigenvalue weighted by Gasteiger charge is -2.08. The molecular formula is C13H9ClN4O4S. The molecule has 1 aliphatic rings. The molecule has 2 heterocycles. The summed E-state index contributed by atoms with van der Waals surface area (Å²) in [5.74, 6) is 0.0152. The Morgan fingerprint density at radius 3 is 3.00 bits per heavy atom. The number of carbonyl (C=O) groups is 1. The Morgan fingerprint density at radius 2 is 2.26 bits per heavy atom. The summed E-state index contributed by atoms with van der Waals surface area (Å²) in [7, 11) is 0. The van der Waals surface area contributed by atoms with Gasteiger partial charge in [0.05, 0.1) is 15.6 Å². The van der Waals surface area contributed by atoms with Gasteiger partial charge in [0, 0.05) is 30.6 Å². The number of anilines is 1. The third-order valence-corrected chi connectivity index (χ3v) is 4.51. The van der Waals surface area contributed by atoms with E-state index in [0.717, 1.165) is 11.8 Å². The molecule has 0 aliphatic carbocycles. The molecule has 1 aliphatic heterocycles. The number of nitro benzene ring substituents is 1. The van der Waals surface area contributed by atoms with Crippen molar-refractivity contribution >= 4 is 40.6 Å². The largest absolute Gasteiger partial charge is 0.320 e. The van der Waals surface area contributed by atoms with E-state index >= 15 is 0 Å². The monoisotopic (exact) mass is 352 g/mol. The van der Waals surface area contributed by atoms with Crippen molar-refractivity contribution in [1.29, 1.82) is 0 Å². The Morgan fingerprint density at radius 1 is 1.48 bits per heavy atom. The van der Waals surface area contributed by atoms with Gasteiger partial charge in [0.25, 0.3) is 17.2 Å². The van der Waals surface area contributed by atoms with Crippen molar-refractivity contribution < 1.29 is 9.72 Å². The highest BCUT2D eigenvalue weighted by atomic mass is 35.5. The number of nitrogens with zero attached hydrogens (tertiary/aromatic N) is 3. The van der Waals surface area contributed by atoms with Crippen LogP contribution in [0.15, 0.2) is 34.3 Å². The van der Waals surface area contributed by atoms with Crippen LogP contribution in [0.25, 0.3) is 0 Å². The number of fused-ring (bicyclic) bond motifs is 1. The maximum absolute atomic E-state index is 12.3. The highest BCUT2D eigenvalue weighted by Gasteiger charge is 2.21. The predicted molar refractivity (Wildman–Crippen MR) is 85.3 cm³/mol. The van der Waals surface area contributed by atoms with Gasteiger partial charge in [-0.15, -0.1) is 0 Å². The van der Waals surface area contributed by atoms with Crippen LogP contribution in [0, 0.1) is 10.1 Å². The number of hydrogen-bond acceptors (Lipinski definition) is 6. The van der Waals surface area contributed by atoms with Crippen molar-refractivity contribution in [2.24, 2.45) is 0 Å². The van der Waals surface area contributed by atoms with Crippen molar-refractivity contribution in [2.75, 3.05) is 11.1 Å². The first kappa shape index (κ1) is 15.5. The SMILES string of the molecule is O=C(Nc1cc([N+](=O)[O-])ccc1Cl)c1cnc2n(c1=O)CCS2. The molecule has 1 N–H and O–H groups in total. The van der Waals surface area contributed by atoms with E-state index in [4.69, 9.17) is 11.6 Å². The predicted octanol–water partition coefficient (Wildman–Crippen LogP) is 2.16. The van der Waals surface area contributed by atoms with Crippen LogP contribution in [0.2, 0.25) is 5.02 Å². The zero-order valence-corrected chi connectivity index (χ0v) is 13.1. The molecule has 23 heavy (non-hydrogen) atoms. The van der Waals surface area contributed by atoms with Gasteiger partial charge >= 0.3 is 0 Å². The molecule has 10 heteroatoms. The Kier molecular flexibility index (Phi) is 4.05. The molecule has 0 saturated heterocycles. The van der Waals surface area contributed by atoms with Crippen molar-refractivity contribution in [3.05, 3.63) is 55.5 Å². The molecule has 3 rings (SSSR count). The van der Waals surface area contributed by atoms with Gasteiger partial charge in [-0.3, -0.25) is 24.3 Å². The molecule has 0 radical (unpaired) electrons. The fourth-order valence-electron chi connectivity index (χ4n) is 2.09. The molecule has 1 aromatic carbocycles. The molecule has 118 valence electrons. The first-order valence-electron chi connectivity index (χ1n) is 6.45. The highest BCUT2D eigenvalue weighted by molar-refractivity contribution is 7.99. The van der Waals surface area contributed by atoms with Crippen molar-refractivity contribution in [3.63, 3.8) is 0 Å². The second-order valence-electron chi connectivity index (χ2n) is 4.64. The maximum atomic E-state index is 12.3. The van der Waals surface area contributed by atoms with E-state index in [-0.39, 0.29) is 22.0 Å². The normalized spacial score (nSPS) is 12.7. The van der Waals surface area contributed by atoms with Gasteiger partial charge in [-0.25, -0.2) is 4.98 Å². The number of rotatable bonds is 3. The van der Waals surface area contributed by atoms with Crippen LogP contribution < -0.4 is 10.9 Å². The fraction of sp³-hybridized carbons (Fsp3) is 0.154. The lowest BCUT2D eigenvalue weighted by atomic mass is 10.2. The molecule has 0 atom stereocenters. The minimum absolute atomic E-state index is 0.0603. The molecule has 0 fully saturated rings. The molecule has 0 spiro atoms. The standard InChI is InChI=1S/C13H9ClN4O4S/c14-9-2-1-7(18(21)22)5-10(9)16-11(19)8-6-15-13-17(12(8)20)3-4-23-13/h1-2,5-6H,3-4H2,(H,16,19). The summed E-state index contributed by atoms with van der Waals surface area (Å²) in [6.07, 6.45) is 1.20. The summed E-state index contributed by atoms with van der Waals surface area (Å²) >= 11 is 7.36. The van der Waals surface area contributed by atoms with Gasteiger partial charge in [0.1, 0.15) is 5.56 Å². The van der Waals surface area contributed by atoms with Crippen LogP contribution in [0.4, 0.5) is 11.4 Å². The van der Waals surface area contributed by atoms with E-state index in [1.54, 1.807) is 0 Å². The minimum Gasteiger partial charge on any atom is -0.320 e. The lowest BCUT2D eigenvalue weighted by Crippen LogP contribution is -2.29. The number of benzene rings is 1. The van der Waals surface area contributed by atoms with E-state index in [1.807, 2.05) is 0 Å². The number of hydrogen-bond donors (Lipinski definition) is 1. The average molecular weight is 353 g/mol. The number of halogens is 1. The average Bonchev–Trinajstić information content (AvgIpc) is 2.99. The van der Waals surface area contributed by atoms with Crippen molar-refractivity contribution in [2.45, 2.75) is 11.7 Å².